The van der Waals surface area contributed by atoms with E-state index in [0.29, 0.717) is 54.7 Å². The highest BCUT2D eigenvalue weighted by Gasteiger charge is 2.30. The fraction of sp³-hybridized carbons (Fsp3) is 0.562. The van der Waals surface area contributed by atoms with Crippen molar-refractivity contribution in [3.8, 4) is 0 Å². The van der Waals surface area contributed by atoms with Gasteiger partial charge >= 0.3 is 0 Å². The van der Waals surface area contributed by atoms with E-state index in [1.165, 1.54) is 5.57 Å². The maximum atomic E-state index is 13.0. The van der Waals surface area contributed by atoms with Gasteiger partial charge in [0.25, 0.3) is 0 Å². The molecule has 2 aliphatic heterocycles. The number of allylic oxidation sites excluding steroid dienone is 4. The van der Waals surface area contributed by atoms with E-state index < -0.39 is 0 Å². The Morgan fingerprint density at radius 2 is 1.92 bits per heavy atom. The van der Waals surface area contributed by atoms with E-state index in [2.05, 4.69) is 58.2 Å². The third-order valence-corrected chi connectivity index (χ3v) is 9.04. The Morgan fingerprint density at radius 1 is 1.13 bits per heavy atom. The van der Waals surface area contributed by atoms with Gasteiger partial charge in [0.05, 0.1) is 12.2 Å². The summed E-state index contributed by atoms with van der Waals surface area (Å²) in [5, 5.41) is 4.47. The fourth-order valence-electron chi connectivity index (χ4n) is 6.71. The molecule has 0 radical (unpaired) electrons. The van der Waals surface area contributed by atoms with Crippen LogP contribution in [0.15, 0.2) is 60.7 Å². The van der Waals surface area contributed by atoms with Crippen LogP contribution in [0.1, 0.15) is 69.4 Å². The number of likely N-dealkylation sites (tertiary alicyclic amines) is 2. The number of hydrogen-bond donors (Lipinski definition) is 0. The summed E-state index contributed by atoms with van der Waals surface area (Å²) in [6.45, 7) is 12.5. The molecule has 1 aromatic heterocycles. The van der Waals surface area contributed by atoms with Crippen LogP contribution in [0.3, 0.4) is 0 Å². The van der Waals surface area contributed by atoms with Crippen LogP contribution in [-0.2, 0) is 9.59 Å². The van der Waals surface area contributed by atoms with E-state index in [1.807, 2.05) is 17.0 Å². The lowest BCUT2D eigenvalue weighted by Crippen LogP contribution is -2.42. The van der Waals surface area contributed by atoms with Crippen molar-refractivity contribution in [1.82, 2.24) is 19.6 Å². The minimum atomic E-state index is 0.301. The number of amides is 1. The first kappa shape index (κ1) is 26.6. The molecular weight excluding hydrogens is 472 g/mol. The topological polar surface area (TPSA) is 58.4 Å². The van der Waals surface area contributed by atoms with E-state index >= 15 is 0 Å². The molecule has 2 saturated heterocycles. The van der Waals surface area contributed by atoms with Crippen LogP contribution in [0.2, 0.25) is 0 Å². The van der Waals surface area contributed by atoms with Crippen LogP contribution in [0.5, 0.6) is 0 Å². The van der Waals surface area contributed by atoms with E-state index in [9.17, 15) is 9.59 Å². The maximum Gasteiger partial charge on any atom is 0.222 e. The average molecular weight is 515 g/mol. The fourth-order valence-corrected chi connectivity index (χ4v) is 6.71. The lowest BCUT2D eigenvalue weighted by atomic mass is 9.76. The third-order valence-electron chi connectivity index (χ3n) is 9.04. The van der Waals surface area contributed by atoms with Crippen LogP contribution in [0, 0.1) is 17.8 Å². The summed E-state index contributed by atoms with van der Waals surface area (Å²) in [6, 6.07) is 0.375. The van der Waals surface area contributed by atoms with Gasteiger partial charge in [0, 0.05) is 56.6 Å². The van der Waals surface area contributed by atoms with Gasteiger partial charge in [0.2, 0.25) is 5.91 Å². The van der Waals surface area contributed by atoms with E-state index in [1.54, 1.807) is 0 Å². The molecule has 202 valence electrons. The molecular formula is C32H42N4O2. The van der Waals surface area contributed by atoms with Gasteiger partial charge in [-0.1, -0.05) is 37.5 Å². The van der Waals surface area contributed by atoms with Crippen molar-refractivity contribution in [3.63, 3.8) is 0 Å². The smallest absolute Gasteiger partial charge is 0.222 e. The Labute approximate surface area is 227 Å². The van der Waals surface area contributed by atoms with Crippen molar-refractivity contribution in [3.05, 3.63) is 66.2 Å². The lowest BCUT2D eigenvalue weighted by molar-refractivity contribution is -0.134. The van der Waals surface area contributed by atoms with Gasteiger partial charge in [-0.3, -0.25) is 14.3 Å². The van der Waals surface area contributed by atoms with Gasteiger partial charge in [-0.25, -0.2) is 0 Å². The first-order valence-corrected chi connectivity index (χ1v) is 14.5. The quantitative estimate of drug-likeness (QED) is 0.459. The largest absolute Gasteiger partial charge is 0.343 e. The number of carbonyl (C=O) groups is 2. The van der Waals surface area contributed by atoms with Gasteiger partial charge in [0.15, 0.2) is 0 Å². The average Bonchev–Trinajstić information content (AvgIpc) is 3.44. The number of hydrogen-bond acceptors (Lipinski definition) is 4. The van der Waals surface area contributed by atoms with Crippen LogP contribution >= 0.6 is 0 Å². The number of nitrogens with zero attached hydrogens (tertiary/aromatic N) is 4. The predicted octanol–water partition coefficient (Wildman–Crippen LogP) is 5.37. The third kappa shape index (κ3) is 6.36. The van der Waals surface area contributed by atoms with Gasteiger partial charge in [-0.15, -0.1) is 5.73 Å². The zero-order chi connectivity index (χ0) is 26.5. The second kappa shape index (κ2) is 12.3. The predicted molar refractivity (Wildman–Crippen MR) is 151 cm³/mol. The van der Waals surface area contributed by atoms with Crippen LogP contribution in [0.25, 0.3) is 6.08 Å². The Hall–Kier alpha value is -2.95. The number of ketones is 1. The number of piperidine rings is 2. The molecule has 4 aliphatic rings. The van der Waals surface area contributed by atoms with E-state index in [0.717, 1.165) is 82.4 Å². The molecule has 38 heavy (non-hydrogen) atoms. The number of aromatic nitrogens is 2. The molecule has 0 spiro atoms. The molecule has 5 rings (SSSR count). The molecule has 6 nitrogen and oxygen atoms in total. The zero-order valence-corrected chi connectivity index (χ0v) is 22.7. The first-order chi connectivity index (χ1) is 18.5. The molecule has 2 atom stereocenters. The van der Waals surface area contributed by atoms with Crippen molar-refractivity contribution in [2.24, 2.45) is 17.8 Å². The highest BCUT2D eigenvalue weighted by molar-refractivity contribution is 5.82. The zero-order valence-electron chi connectivity index (χ0n) is 22.7. The minimum absolute atomic E-state index is 0.301. The Bertz CT molecular complexity index is 1140. The van der Waals surface area contributed by atoms with Gasteiger partial charge in [-0.2, -0.15) is 5.10 Å². The minimum Gasteiger partial charge on any atom is -0.343 e. The highest BCUT2D eigenvalue weighted by atomic mass is 16.2. The van der Waals surface area contributed by atoms with E-state index in [4.69, 9.17) is 0 Å². The van der Waals surface area contributed by atoms with Gasteiger partial charge in [-0.05, 0) is 74.6 Å². The molecule has 2 unspecified atom stereocenters. The molecule has 1 aromatic rings. The monoisotopic (exact) mass is 514 g/mol. The summed E-state index contributed by atoms with van der Waals surface area (Å²) < 4.78 is 2.04. The molecule has 3 fully saturated rings. The summed E-state index contributed by atoms with van der Waals surface area (Å²) in [4.78, 5) is 29.6. The molecule has 6 heteroatoms. The van der Waals surface area contributed by atoms with Gasteiger partial charge < -0.3 is 9.80 Å². The molecule has 0 aromatic carbocycles. The Morgan fingerprint density at radius 3 is 2.63 bits per heavy atom. The van der Waals surface area contributed by atoms with Crippen molar-refractivity contribution in [2.75, 3.05) is 32.7 Å². The Balaban J connectivity index is 1.05. The summed E-state index contributed by atoms with van der Waals surface area (Å²) in [6.07, 6.45) is 20.7. The highest BCUT2D eigenvalue weighted by Crippen LogP contribution is 2.36. The normalized spacial score (nSPS) is 25.8. The molecule has 0 bridgehead atoms. The number of carbonyl (C=O) groups excluding carboxylic acids is 2. The van der Waals surface area contributed by atoms with Crippen LogP contribution in [0.4, 0.5) is 0 Å². The van der Waals surface area contributed by atoms with E-state index in [-0.39, 0.29) is 0 Å². The molecule has 1 amide bonds. The van der Waals surface area contributed by atoms with Gasteiger partial charge in [0.1, 0.15) is 5.78 Å². The van der Waals surface area contributed by atoms with Crippen molar-refractivity contribution < 1.29 is 9.59 Å². The standard InChI is InChI=1S/C32H42N4O2/c1-3-24-21-33-36(23-24)29-12-16-35(17-13-29)32(38)19-25-10-14-34(15-11-25)22-26-6-5-7-28(18-26)31-9-8-30(37)20-27(31)4-2/h3,5,7,18,21,23,25-26,29,31H,1-2,6,8-17,19-20,22H2. The summed E-state index contributed by atoms with van der Waals surface area (Å²) >= 11 is 0. The molecule has 1 saturated carbocycles. The van der Waals surface area contributed by atoms with Crippen molar-refractivity contribution in [1.29, 1.82) is 0 Å². The molecule has 2 aliphatic carbocycles. The second-order valence-electron chi connectivity index (χ2n) is 11.6. The summed E-state index contributed by atoms with van der Waals surface area (Å²) in [5.74, 6) is 1.95. The molecule has 3 heterocycles. The maximum absolute atomic E-state index is 13.0. The van der Waals surface area contributed by atoms with Crippen molar-refractivity contribution in [2.45, 2.75) is 63.8 Å². The second-order valence-corrected chi connectivity index (χ2v) is 11.6. The summed E-state index contributed by atoms with van der Waals surface area (Å²) in [7, 11) is 0. The summed E-state index contributed by atoms with van der Waals surface area (Å²) in [5.41, 5.74) is 6.52. The Kier molecular flexibility index (Phi) is 8.61. The number of Topliss-reactive ketones (excluding diaryl/α,β-unsaturated/α-hetero) is 1. The lowest BCUT2D eigenvalue weighted by Gasteiger charge is -2.36. The SMILES string of the molecule is C=C=C1CC(=O)CCC1C1=CC(CN2CCC(CC(=O)N3CCC(n4cc(C=C)cn4)CC3)CC2)CC=C1. The van der Waals surface area contributed by atoms with Crippen molar-refractivity contribution >= 4 is 17.8 Å². The van der Waals surface area contributed by atoms with Crippen LogP contribution in [-0.4, -0.2) is 64.0 Å². The number of rotatable bonds is 7. The molecule has 0 N–H and O–H groups in total. The first-order valence-electron chi connectivity index (χ1n) is 14.5. The van der Waals surface area contributed by atoms with Crippen LogP contribution < -0.4 is 0 Å².